The van der Waals surface area contributed by atoms with Gasteiger partial charge in [0, 0.05) is 12.0 Å². The molecule has 0 aliphatic carbocycles. The highest BCUT2D eigenvalue weighted by molar-refractivity contribution is 5.29. The summed E-state index contributed by atoms with van der Waals surface area (Å²) in [4.78, 5) is 0. The average molecular weight is 219 g/mol. The summed E-state index contributed by atoms with van der Waals surface area (Å²) in [5.41, 5.74) is 3.19. The molecule has 1 aliphatic rings. The van der Waals surface area contributed by atoms with Gasteiger partial charge in [-0.05, 0) is 25.5 Å². The quantitative estimate of drug-likeness (QED) is 0.760. The van der Waals surface area contributed by atoms with E-state index in [9.17, 15) is 0 Å². The van der Waals surface area contributed by atoms with Crippen LogP contribution in [0.5, 0.6) is 0 Å². The fourth-order valence-corrected chi connectivity index (χ4v) is 2.02. The Morgan fingerprint density at radius 1 is 1.19 bits per heavy atom. The molecule has 0 bridgehead atoms. The third-order valence-electron chi connectivity index (χ3n) is 3.12. The van der Waals surface area contributed by atoms with Crippen molar-refractivity contribution in [3.63, 3.8) is 0 Å². The zero-order valence-corrected chi connectivity index (χ0v) is 11.1. The Hall–Kier alpha value is -0.820. The van der Waals surface area contributed by atoms with E-state index in [4.69, 9.17) is 0 Å². The minimum absolute atomic E-state index is 0.369. The average Bonchev–Trinajstić information content (AvgIpc) is 2.68. The second-order valence-corrected chi connectivity index (χ2v) is 5.06. The molecular weight excluding hydrogens is 194 g/mol. The Morgan fingerprint density at radius 3 is 2.19 bits per heavy atom. The van der Waals surface area contributed by atoms with Gasteiger partial charge in [0.1, 0.15) is 0 Å². The molecule has 1 atom stereocenters. The number of hydrogen-bond acceptors (Lipinski definition) is 1. The second-order valence-electron chi connectivity index (χ2n) is 5.06. The summed E-state index contributed by atoms with van der Waals surface area (Å²) in [6.45, 7) is 11.0. The lowest BCUT2D eigenvalue weighted by molar-refractivity contribution is 0.525. The Kier molecular flexibility index (Phi) is 5.01. The van der Waals surface area contributed by atoms with Crippen molar-refractivity contribution in [2.24, 2.45) is 0 Å². The molecule has 1 fully saturated rings. The lowest BCUT2D eigenvalue weighted by Gasteiger charge is -2.23. The molecule has 0 amide bonds. The molecule has 1 heteroatoms. The fourth-order valence-electron chi connectivity index (χ4n) is 2.02. The Balaban J connectivity index is 0.000000386. The van der Waals surface area contributed by atoms with Crippen LogP contribution in [0.2, 0.25) is 0 Å². The molecule has 16 heavy (non-hydrogen) atoms. The van der Waals surface area contributed by atoms with Crippen molar-refractivity contribution in [2.75, 3.05) is 13.1 Å². The molecule has 0 aromatic heterocycles. The second kappa shape index (κ2) is 6.05. The minimum atomic E-state index is 0.369. The van der Waals surface area contributed by atoms with Crippen LogP contribution in [0.15, 0.2) is 24.3 Å². The Bertz CT molecular complexity index is 294. The van der Waals surface area contributed by atoms with Crippen LogP contribution >= 0.6 is 0 Å². The first-order valence-corrected chi connectivity index (χ1v) is 6.40. The lowest BCUT2D eigenvalue weighted by atomic mass is 9.82. The molecule has 0 radical (unpaired) electrons. The Labute approximate surface area is 100 Å². The summed E-state index contributed by atoms with van der Waals surface area (Å²) in [5, 5.41) is 3.43. The van der Waals surface area contributed by atoms with E-state index in [1.807, 2.05) is 0 Å². The molecule has 0 saturated carbocycles. The summed E-state index contributed by atoms with van der Waals surface area (Å²) < 4.78 is 0. The van der Waals surface area contributed by atoms with Gasteiger partial charge in [0.05, 0.1) is 0 Å². The SMILES string of the molecule is CCC.Cc1ccc(C2(C)CCNC2)cc1. The molecule has 1 saturated heterocycles. The van der Waals surface area contributed by atoms with Crippen LogP contribution in [0.25, 0.3) is 0 Å². The van der Waals surface area contributed by atoms with Gasteiger partial charge in [0.15, 0.2) is 0 Å². The maximum atomic E-state index is 3.43. The van der Waals surface area contributed by atoms with Crippen molar-refractivity contribution in [2.45, 2.75) is 46.0 Å². The summed E-state index contributed by atoms with van der Waals surface area (Å²) in [7, 11) is 0. The van der Waals surface area contributed by atoms with Crippen molar-refractivity contribution in [1.82, 2.24) is 5.32 Å². The lowest BCUT2D eigenvalue weighted by Crippen LogP contribution is -2.24. The molecule has 1 nitrogen and oxygen atoms in total. The Morgan fingerprint density at radius 2 is 1.75 bits per heavy atom. The molecular formula is C15H25N. The highest BCUT2D eigenvalue weighted by atomic mass is 14.9. The first kappa shape index (κ1) is 13.2. The molecule has 1 unspecified atom stereocenters. The molecule has 1 aromatic carbocycles. The van der Waals surface area contributed by atoms with E-state index >= 15 is 0 Å². The summed E-state index contributed by atoms with van der Waals surface area (Å²) in [6.07, 6.45) is 2.51. The summed E-state index contributed by atoms with van der Waals surface area (Å²) in [6, 6.07) is 8.95. The summed E-state index contributed by atoms with van der Waals surface area (Å²) in [5.74, 6) is 0. The topological polar surface area (TPSA) is 12.0 Å². The van der Waals surface area contributed by atoms with Crippen LogP contribution in [-0.2, 0) is 5.41 Å². The normalized spacial score (nSPS) is 23.8. The zero-order valence-electron chi connectivity index (χ0n) is 11.1. The molecule has 1 heterocycles. The van der Waals surface area contributed by atoms with E-state index in [2.05, 4.69) is 57.3 Å². The van der Waals surface area contributed by atoms with E-state index in [1.165, 1.54) is 24.0 Å². The molecule has 90 valence electrons. The van der Waals surface area contributed by atoms with Crippen LogP contribution < -0.4 is 5.32 Å². The van der Waals surface area contributed by atoms with Gasteiger partial charge in [0.2, 0.25) is 0 Å². The predicted molar refractivity (Wildman–Crippen MR) is 72.0 cm³/mol. The van der Waals surface area contributed by atoms with E-state index in [0.717, 1.165) is 13.1 Å². The van der Waals surface area contributed by atoms with Gasteiger partial charge in [-0.1, -0.05) is 57.0 Å². The third-order valence-corrected chi connectivity index (χ3v) is 3.12. The largest absolute Gasteiger partial charge is 0.316 e. The van der Waals surface area contributed by atoms with E-state index in [1.54, 1.807) is 0 Å². The molecule has 2 rings (SSSR count). The van der Waals surface area contributed by atoms with Crippen LogP contribution in [0.3, 0.4) is 0 Å². The van der Waals surface area contributed by atoms with Crippen molar-refractivity contribution in [1.29, 1.82) is 0 Å². The van der Waals surface area contributed by atoms with Crippen molar-refractivity contribution < 1.29 is 0 Å². The molecule has 0 spiro atoms. The first-order valence-electron chi connectivity index (χ1n) is 6.40. The van der Waals surface area contributed by atoms with Crippen LogP contribution in [0, 0.1) is 6.92 Å². The fraction of sp³-hybridized carbons (Fsp3) is 0.600. The van der Waals surface area contributed by atoms with Crippen molar-refractivity contribution in [3.05, 3.63) is 35.4 Å². The highest BCUT2D eigenvalue weighted by Gasteiger charge is 2.29. The van der Waals surface area contributed by atoms with Gasteiger partial charge in [-0.2, -0.15) is 0 Å². The minimum Gasteiger partial charge on any atom is -0.316 e. The van der Waals surface area contributed by atoms with E-state index in [-0.39, 0.29) is 0 Å². The maximum Gasteiger partial charge on any atom is 0.00615 e. The van der Waals surface area contributed by atoms with Crippen LogP contribution in [-0.4, -0.2) is 13.1 Å². The monoisotopic (exact) mass is 219 g/mol. The van der Waals surface area contributed by atoms with Crippen molar-refractivity contribution in [3.8, 4) is 0 Å². The highest BCUT2D eigenvalue weighted by Crippen LogP contribution is 2.29. The van der Waals surface area contributed by atoms with Gasteiger partial charge in [-0.3, -0.25) is 0 Å². The van der Waals surface area contributed by atoms with E-state index in [0.29, 0.717) is 5.41 Å². The molecule has 1 aliphatic heterocycles. The van der Waals surface area contributed by atoms with Gasteiger partial charge < -0.3 is 5.32 Å². The van der Waals surface area contributed by atoms with Crippen molar-refractivity contribution >= 4 is 0 Å². The molecule has 1 aromatic rings. The number of hydrogen-bond donors (Lipinski definition) is 1. The third kappa shape index (κ3) is 3.34. The van der Waals surface area contributed by atoms with E-state index < -0.39 is 0 Å². The van der Waals surface area contributed by atoms with Crippen LogP contribution in [0.1, 0.15) is 44.7 Å². The molecule has 1 N–H and O–H groups in total. The zero-order chi connectivity index (χ0) is 12.0. The smallest absolute Gasteiger partial charge is 0.00615 e. The number of nitrogens with one attached hydrogen (secondary N) is 1. The van der Waals surface area contributed by atoms with Gasteiger partial charge in [-0.15, -0.1) is 0 Å². The van der Waals surface area contributed by atoms with Gasteiger partial charge >= 0.3 is 0 Å². The van der Waals surface area contributed by atoms with Crippen LogP contribution in [0.4, 0.5) is 0 Å². The summed E-state index contributed by atoms with van der Waals surface area (Å²) >= 11 is 0. The van der Waals surface area contributed by atoms with Gasteiger partial charge in [0.25, 0.3) is 0 Å². The number of benzene rings is 1. The predicted octanol–water partition coefficient (Wildman–Crippen LogP) is 3.66. The number of aryl methyl sites for hydroxylation is 1. The maximum absolute atomic E-state index is 3.43. The standard InChI is InChI=1S/C12H17N.C3H8/c1-10-3-5-11(6-4-10)12(2)7-8-13-9-12;1-3-2/h3-6,13H,7-9H2,1-2H3;3H2,1-2H3. The number of rotatable bonds is 1. The first-order chi connectivity index (χ1) is 7.62. The van der Waals surface area contributed by atoms with Gasteiger partial charge in [-0.25, -0.2) is 0 Å².